The largest absolute Gasteiger partial charge is 0.423 e. The van der Waals surface area contributed by atoms with Crippen molar-refractivity contribution < 1.29 is 36.7 Å². The fraction of sp³-hybridized carbons (Fsp3) is 0.321. The lowest BCUT2D eigenvalue weighted by Gasteiger charge is -2.35. The van der Waals surface area contributed by atoms with Gasteiger partial charge in [0.1, 0.15) is 5.82 Å². The zero-order valence-corrected chi connectivity index (χ0v) is 22.4. The number of carbonyl (C=O) groups excluding carboxylic acids is 3. The Kier molecular flexibility index (Phi) is 7.96. The van der Waals surface area contributed by atoms with Gasteiger partial charge in [-0.2, -0.15) is 13.2 Å². The van der Waals surface area contributed by atoms with Crippen LogP contribution in [0, 0.1) is 5.82 Å². The van der Waals surface area contributed by atoms with E-state index in [0.717, 1.165) is 6.07 Å². The number of cyclic esters (lactones) is 1. The number of ether oxygens (including phenoxy) is 1. The van der Waals surface area contributed by atoms with Gasteiger partial charge in [0.15, 0.2) is 6.23 Å². The van der Waals surface area contributed by atoms with Gasteiger partial charge in [0.25, 0.3) is 5.91 Å². The Morgan fingerprint density at radius 2 is 1.74 bits per heavy atom. The lowest BCUT2D eigenvalue weighted by Crippen LogP contribution is -2.49. The molecule has 2 aromatic carbocycles. The molecule has 3 amide bonds. The highest BCUT2D eigenvalue weighted by molar-refractivity contribution is 5.96. The molecule has 2 aliphatic heterocycles. The predicted molar refractivity (Wildman–Crippen MR) is 143 cm³/mol. The van der Waals surface area contributed by atoms with E-state index in [1.807, 2.05) is 0 Å². The molecule has 42 heavy (non-hydrogen) atoms. The molecule has 0 bridgehead atoms. The zero-order valence-electron chi connectivity index (χ0n) is 22.4. The van der Waals surface area contributed by atoms with Gasteiger partial charge in [0.05, 0.1) is 23.4 Å². The molecule has 10 nitrogen and oxygen atoms in total. The second-order valence-electron chi connectivity index (χ2n) is 9.66. The van der Waals surface area contributed by atoms with Crippen molar-refractivity contribution in [3.05, 3.63) is 71.8 Å². The summed E-state index contributed by atoms with van der Waals surface area (Å²) in [6.45, 7) is 2.65. The SMILES string of the molecule is CCC(=O)NC1CN(c2ccc(-c3cnc(N4CCN(C(=O)c5ccccc5C(F)(F)F)CC4)nc3)c(F)c2)C(=O)O1. The van der Waals surface area contributed by atoms with Crippen LogP contribution in [0.1, 0.15) is 29.3 Å². The van der Waals surface area contributed by atoms with E-state index in [9.17, 15) is 27.6 Å². The molecular weight excluding hydrogens is 560 g/mol. The number of benzene rings is 2. The molecule has 0 radical (unpaired) electrons. The number of amides is 3. The van der Waals surface area contributed by atoms with Crippen LogP contribution in [0.2, 0.25) is 0 Å². The molecule has 220 valence electrons. The van der Waals surface area contributed by atoms with Gasteiger partial charge >= 0.3 is 12.3 Å². The summed E-state index contributed by atoms with van der Waals surface area (Å²) in [5.41, 5.74) is -0.513. The Hall–Kier alpha value is -4.75. The summed E-state index contributed by atoms with van der Waals surface area (Å²) in [5.74, 6) is -1.26. The maximum Gasteiger partial charge on any atom is 0.417 e. The summed E-state index contributed by atoms with van der Waals surface area (Å²) in [6.07, 6.45) is -3.06. The molecule has 14 heteroatoms. The van der Waals surface area contributed by atoms with Crippen LogP contribution in [-0.2, 0) is 15.7 Å². The number of aromatic nitrogens is 2. The minimum absolute atomic E-state index is 0.0366. The van der Waals surface area contributed by atoms with E-state index in [2.05, 4.69) is 15.3 Å². The molecule has 1 N–H and O–H groups in total. The third-order valence-corrected chi connectivity index (χ3v) is 6.98. The number of hydrogen-bond acceptors (Lipinski definition) is 7. The summed E-state index contributed by atoms with van der Waals surface area (Å²) in [6, 6.07) is 8.92. The highest BCUT2D eigenvalue weighted by Crippen LogP contribution is 2.33. The van der Waals surface area contributed by atoms with Gasteiger partial charge in [-0.25, -0.2) is 19.2 Å². The van der Waals surface area contributed by atoms with E-state index in [4.69, 9.17) is 4.74 Å². The maximum absolute atomic E-state index is 15.1. The summed E-state index contributed by atoms with van der Waals surface area (Å²) in [5, 5.41) is 2.57. The number of alkyl halides is 3. The number of halogens is 4. The molecule has 0 spiro atoms. The van der Waals surface area contributed by atoms with Gasteiger partial charge in [0.2, 0.25) is 11.9 Å². The van der Waals surface area contributed by atoms with Crippen molar-refractivity contribution >= 4 is 29.5 Å². The molecule has 2 saturated heterocycles. The fourth-order valence-electron chi connectivity index (χ4n) is 4.76. The number of anilines is 2. The third-order valence-electron chi connectivity index (χ3n) is 6.98. The lowest BCUT2D eigenvalue weighted by molar-refractivity contribution is -0.138. The van der Waals surface area contributed by atoms with Crippen molar-refractivity contribution in [2.24, 2.45) is 0 Å². The van der Waals surface area contributed by atoms with Crippen LogP contribution >= 0.6 is 0 Å². The molecule has 2 aliphatic rings. The molecule has 1 unspecified atom stereocenters. The second-order valence-corrected chi connectivity index (χ2v) is 9.66. The lowest BCUT2D eigenvalue weighted by atomic mass is 10.1. The number of hydrogen-bond donors (Lipinski definition) is 1. The number of nitrogens with one attached hydrogen (secondary N) is 1. The normalized spacial score (nSPS) is 17.3. The van der Waals surface area contributed by atoms with Crippen LogP contribution in [0.3, 0.4) is 0 Å². The molecule has 2 fully saturated rings. The molecule has 1 atom stereocenters. The summed E-state index contributed by atoms with van der Waals surface area (Å²) < 4.78 is 60.3. The Morgan fingerprint density at radius 3 is 2.38 bits per heavy atom. The molecule has 3 aromatic rings. The highest BCUT2D eigenvalue weighted by atomic mass is 19.4. The van der Waals surface area contributed by atoms with Crippen molar-refractivity contribution in [1.29, 1.82) is 0 Å². The number of rotatable bonds is 6. The van der Waals surface area contributed by atoms with Crippen LogP contribution in [0.25, 0.3) is 11.1 Å². The number of piperazine rings is 1. The quantitative estimate of drug-likeness (QED) is 0.434. The van der Waals surface area contributed by atoms with Gasteiger partial charge in [-0.1, -0.05) is 19.1 Å². The van der Waals surface area contributed by atoms with E-state index in [-0.39, 0.29) is 43.2 Å². The minimum atomic E-state index is -4.64. The van der Waals surface area contributed by atoms with E-state index < -0.39 is 41.3 Å². The van der Waals surface area contributed by atoms with Crippen molar-refractivity contribution in [1.82, 2.24) is 20.2 Å². The summed E-state index contributed by atoms with van der Waals surface area (Å²) >= 11 is 0. The van der Waals surface area contributed by atoms with Crippen molar-refractivity contribution in [3.63, 3.8) is 0 Å². The van der Waals surface area contributed by atoms with Crippen LogP contribution in [0.5, 0.6) is 0 Å². The average Bonchev–Trinajstić information content (AvgIpc) is 3.35. The van der Waals surface area contributed by atoms with Crippen molar-refractivity contribution in [2.75, 3.05) is 42.5 Å². The minimum Gasteiger partial charge on any atom is -0.423 e. The van der Waals surface area contributed by atoms with E-state index in [1.165, 1.54) is 52.5 Å². The number of nitrogens with zero attached hydrogens (tertiary/aromatic N) is 5. The van der Waals surface area contributed by atoms with E-state index >= 15 is 4.39 Å². The molecule has 0 aliphatic carbocycles. The molecule has 0 saturated carbocycles. The standard InChI is InChI=1S/C28H26F4N6O4/c1-2-23(39)35-24-16-38(27(41)42-24)18-7-8-19(22(29)13-18)17-14-33-26(34-15-17)37-11-9-36(10-12-37)25(40)20-5-3-4-6-21(20)28(30,31)32/h3-8,13-15,24H,2,9-12,16H2,1H3,(H,35,39). The fourth-order valence-corrected chi connectivity index (χ4v) is 4.76. The van der Waals surface area contributed by atoms with Crippen LogP contribution in [-0.4, -0.2) is 71.7 Å². The summed E-state index contributed by atoms with van der Waals surface area (Å²) in [7, 11) is 0. The van der Waals surface area contributed by atoms with Gasteiger partial charge in [-0.15, -0.1) is 0 Å². The first-order chi connectivity index (χ1) is 20.0. The topological polar surface area (TPSA) is 108 Å². The van der Waals surface area contributed by atoms with Crippen LogP contribution in [0.15, 0.2) is 54.9 Å². The Balaban J connectivity index is 1.22. The zero-order chi connectivity index (χ0) is 30.0. The summed E-state index contributed by atoms with van der Waals surface area (Å²) in [4.78, 5) is 49.7. The molecule has 5 rings (SSSR count). The van der Waals surface area contributed by atoms with E-state index in [0.29, 0.717) is 24.6 Å². The first-order valence-electron chi connectivity index (χ1n) is 13.1. The molecule has 1 aromatic heterocycles. The first-order valence-corrected chi connectivity index (χ1v) is 13.1. The van der Waals surface area contributed by atoms with Gasteiger partial charge in [0, 0.05) is 56.1 Å². The molecule has 3 heterocycles. The third kappa shape index (κ3) is 5.97. The predicted octanol–water partition coefficient (Wildman–Crippen LogP) is 4.07. The Labute approximate surface area is 237 Å². The number of carbonyl (C=O) groups is 3. The van der Waals surface area contributed by atoms with Gasteiger partial charge in [-0.3, -0.25) is 14.5 Å². The van der Waals surface area contributed by atoms with E-state index in [1.54, 1.807) is 17.9 Å². The maximum atomic E-state index is 15.1. The smallest absolute Gasteiger partial charge is 0.417 e. The molecular formula is C28H26F4N6O4. The Bertz CT molecular complexity index is 1490. The van der Waals surface area contributed by atoms with Crippen LogP contribution < -0.4 is 15.1 Å². The van der Waals surface area contributed by atoms with Gasteiger partial charge in [-0.05, 0) is 30.3 Å². The average molecular weight is 587 g/mol. The van der Waals surface area contributed by atoms with Crippen LogP contribution in [0.4, 0.5) is 34.0 Å². The van der Waals surface area contributed by atoms with Crippen molar-refractivity contribution in [2.45, 2.75) is 25.7 Å². The Morgan fingerprint density at radius 1 is 1.05 bits per heavy atom. The first kappa shape index (κ1) is 28.8. The second kappa shape index (κ2) is 11.6. The highest BCUT2D eigenvalue weighted by Gasteiger charge is 2.37. The van der Waals surface area contributed by atoms with Crippen molar-refractivity contribution in [3.8, 4) is 11.1 Å². The van der Waals surface area contributed by atoms with Gasteiger partial charge < -0.3 is 19.9 Å². The monoisotopic (exact) mass is 586 g/mol.